The third-order valence-electron chi connectivity index (χ3n) is 5.44. The number of carbonyl (C=O) groups is 2. The zero-order valence-corrected chi connectivity index (χ0v) is 21.4. The Morgan fingerprint density at radius 2 is 1.66 bits per heavy atom. The summed E-state index contributed by atoms with van der Waals surface area (Å²) >= 11 is 0. The molecule has 4 rings (SSSR count). The molecule has 196 valence electrons. The number of benzene rings is 2. The highest BCUT2D eigenvalue weighted by atomic mass is 32.2. The molecule has 0 aliphatic carbocycles. The van der Waals surface area contributed by atoms with Crippen molar-refractivity contribution in [1.29, 1.82) is 0 Å². The summed E-state index contributed by atoms with van der Waals surface area (Å²) in [6.07, 6.45) is 2.68. The molecule has 0 saturated carbocycles. The Morgan fingerprint density at radius 3 is 2.37 bits per heavy atom. The molecule has 2 heterocycles. The molecular formula is C27H26N4O6S. The third kappa shape index (κ3) is 7.05. The van der Waals surface area contributed by atoms with E-state index < -0.39 is 21.8 Å². The predicted molar refractivity (Wildman–Crippen MR) is 139 cm³/mol. The summed E-state index contributed by atoms with van der Waals surface area (Å²) in [7, 11) is -3.83. The van der Waals surface area contributed by atoms with E-state index in [1.807, 2.05) is 37.3 Å². The number of amides is 2. The van der Waals surface area contributed by atoms with Gasteiger partial charge < -0.3 is 14.2 Å². The van der Waals surface area contributed by atoms with Crippen molar-refractivity contribution in [1.82, 2.24) is 15.0 Å². The van der Waals surface area contributed by atoms with Gasteiger partial charge in [-0.25, -0.2) is 13.8 Å². The molecule has 0 bridgehead atoms. The molecule has 0 atom stereocenters. The number of rotatable bonds is 10. The average molecular weight is 535 g/mol. The van der Waals surface area contributed by atoms with Crippen molar-refractivity contribution < 1.29 is 26.8 Å². The standard InChI is InChI=1S/C27H26N4O6S/c1-20-9-13-25(14-10-20)38(34,35)31(18-21-6-3-2-4-7-21)19-24-12-11-23(37-24)17-29-30-27(33)26(32)28-16-22-8-5-15-36-22/h2-15,17H,16,18-19H2,1H3,(H,28,32)(H,30,33)/b29-17+. The van der Waals surface area contributed by atoms with Gasteiger partial charge in [-0.15, -0.1) is 0 Å². The van der Waals surface area contributed by atoms with Crippen molar-refractivity contribution in [3.63, 3.8) is 0 Å². The molecule has 0 aliphatic heterocycles. The number of hydrogen-bond donors (Lipinski definition) is 2. The Bertz CT molecular complexity index is 1490. The van der Waals surface area contributed by atoms with Gasteiger partial charge in [0.15, 0.2) is 0 Å². The number of nitrogens with zero attached hydrogens (tertiary/aromatic N) is 2. The van der Waals surface area contributed by atoms with E-state index in [0.717, 1.165) is 11.1 Å². The summed E-state index contributed by atoms with van der Waals surface area (Å²) in [6.45, 7) is 2.07. The topological polar surface area (TPSA) is 134 Å². The van der Waals surface area contributed by atoms with E-state index >= 15 is 0 Å². The SMILES string of the molecule is Cc1ccc(S(=O)(=O)N(Cc2ccccc2)Cc2ccc(/C=N/NC(=O)C(=O)NCc3ccco3)o2)cc1. The summed E-state index contributed by atoms with van der Waals surface area (Å²) in [5.74, 6) is -0.692. The van der Waals surface area contributed by atoms with E-state index in [9.17, 15) is 18.0 Å². The van der Waals surface area contributed by atoms with Crippen LogP contribution in [0.4, 0.5) is 0 Å². The molecule has 0 saturated heterocycles. The zero-order valence-electron chi connectivity index (χ0n) is 20.5. The Hall–Kier alpha value is -4.48. The molecule has 0 unspecified atom stereocenters. The number of sulfonamides is 1. The Labute approximate surface area is 220 Å². The maximum Gasteiger partial charge on any atom is 0.329 e. The van der Waals surface area contributed by atoms with Crippen LogP contribution in [0.25, 0.3) is 0 Å². The van der Waals surface area contributed by atoms with Crippen LogP contribution in [-0.2, 0) is 39.2 Å². The van der Waals surface area contributed by atoms with Gasteiger partial charge in [0.25, 0.3) is 0 Å². The molecule has 2 aromatic heterocycles. The second kappa shape index (κ2) is 12.2. The molecule has 0 fully saturated rings. The number of aryl methyl sites for hydroxylation is 1. The van der Waals surface area contributed by atoms with E-state index in [2.05, 4.69) is 15.8 Å². The van der Waals surface area contributed by atoms with Crippen molar-refractivity contribution in [2.75, 3.05) is 0 Å². The summed E-state index contributed by atoms with van der Waals surface area (Å²) in [4.78, 5) is 24.0. The molecule has 2 N–H and O–H groups in total. The van der Waals surface area contributed by atoms with Crippen molar-refractivity contribution in [3.05, 3.63) is 114 Å². The van der Waals surface area contributed by atoms with Crippen molar-refractivity contribution in [2.24, 2.45) is 5.10 Å². The highest BCUT2D eigenvalue weighted by molar-refractivity contribution is 7.89. The normalized spacial score (nSPS) is 11.6. The van der Waals surface area contributed by atoms with Gasteiger partial charge in [0.05, 0.1) is 30.5 Å². The maximum absolute atomic E-state index is 13.5. The van der Waals surface area contributed by atoms with Gasteiger partial charge in [0.2, 0.25) is 10.0 Å². The lowest BCUT2D eigenvalue weighted by molar-refractivity contribution is -0.139. The minimum absolute atomic E-state index is 0.0273. The molecule has 4 aromatic rings. The Balaban J connectivity index is 1.41. The monoisotopic (exact) mass is 534 g/mol. The minimum Gasteiger partial charge on any atom is -0.467 e. The second-order valence-corrected chi connectivity index (χ2v) is 10.3. The zero-order chi connectivity index (χ0) is 27.0. The molecular weight excluding hydrogens is 508 g/mol. The highest BCUT2D eigenvalue weighted by Gasteiger charge is 2.26. The molecule has 38 heavy (non-hydrogen) atoms. The first-order valence-corrected chi connectivity index (χ1v) is 13.1. The molecule has 2 amide bonds. The summed E-state index contributed by atoms with van der Waals surface area (Å²) in [5, 5.41) is 6.14. The number of hydrogen-bond acceptors (Lipinski definition) is 7. The fourth-order valence-electron chi connectivity index (χ4n) is 3.46. The lowest BCUT2D eigenvalue weighted by atomic mass is 10.2. The van der Waals surface area contributed by atoms with Gasteiger partial charge >= 0.3 is 11.8 Å². The van der Waals surface area contributed by atoms with Gasteiger partial charge in [0.1, 0.15) is 17.3 Å². The third-order valence-corrected chi connectivity index (χ3v) is 7.25. The van der Waals surface area contributed by atoms with Gasteiger partial charge in [-0.3, -0.25) is 9.59 Å². The van der Waals surface area contributed by atoms with E-state index in [0.29, 0.717) is 11.5 Å². The minimum atomic E-state index is -3.83. The smallest absolute Gasteiger partial charge is 0.329 e. The van der Waals surface area contributed by atoms with Crippen molar-refractivity contribution >= 4 is 28.1 Å². The Morgan fingerprint density at radius 1 is 0.895 bits per heavy atom. The van der Waals surface area contributed by atoms with Crippen LogP contribution in [-0.4, -0.2) is 30.8 Å². The fraction of sp³-hybridized carbons (Fsp3) is 0.148. The quantitative estimate of drug-likeness (QED) is 0.182. The van der Waals surface area contributed by atoms with Crippen LogP contribution in [0.2, 0.25) is 0 Å². The average Bonchev–Trinajstić information content (AvgIpc) is 3.60. The Kier molecular flexibility index (Phi) is 8.51. The molecule has 2 aromatic carbocycles. The highest BCUT2D eigenvalue weighted by Crippen LogP contribution is 2.22. The van der Waals surface area contributed by atoms with Crippen LogP contribution in [0.15, 0.2) is 104 Å². The van der Waals surface area contributed by atoms with Crippen LogP contribution >= 0.6 is 0 Å². The molecule has 0 aliphatic rings. The fourth-order valence-corrected chi connectivity index (χ4v) is 4.86. The van der Waals surface area contributed by atoms with Gasteiger partial charge in [0, 0.05) is 6.54 Å². The predicted octanol–water partition coefficient (Wildman–Crippen LogP) is 3.34. The number of carbonyl (C=O) groups excluding carboxylic acids is 2. The van der Waals surface area contributed by atoms with Crippen LogP contribution in [0, 0.1) is 6.92 Å². The first-order valence-electron chi connectivity index (χ1n) is 11.6. The molecule has 10 nitrogen and oxygen atoms in total. The largest absolute Gasteiger partial charge is 0.467 e. The summed E-state index contributed by atoms with van der Waals surface area (Å²) < 4.78 is 39.1. The summed E-state index contributed by atoms with van der Waals surface area (Å²) in [5.41, 5.74) is 3.89. The van der Waals surface area contributed by atoms with Gasteiger partial charge in [-0.1, -0.05) is 48.0 Å². The number of furan rings is 2. The lowest BCUT2D eigenvalue weighted by Gasteiger charge is -2.21. The molecule has 11 heteroatoms. The second-order valence-electron chi connectivity index (χ2n) is 8.34. The van der Waals surface area contributed by atoms with Gasteiger partial charge in [-0.05, 0) is 48.9 Å². The van der Waals surface area contributed by atoms with Crippen LogP contribution in [0.3, 0.4) is 0 Å². The van der Waals surface area contributed by atoms with Crippen molar-refractivity contribution in [2.45, 2.75) is 31.5 Å². The van der Waals surface area contributed by atoms with Crippen LogP contribution in [0.5, 0.6) is 0 Å². The van der Waals surface area contributed by atoms with E-state index in [4.69, 9.17) is 8.83 Å². The van der Waals surface area contributed by atoms with E-state index in [1.54, 1.807) is 48.5 Å². The van der Waals surface area contributed by atoms with E-state index in [1.165, 1.54) is 16.8 Å². The lowest BCUT2D eigenvalue weighted by Crippen LogP contribution is -2.37. The van der Waals surface area contributed by atoms with Crippen LogP contribution in [0.1, 0.15) is 28.4 Å². The molecule has 0 spiro atoms. The maximum atomic E-state index is 13.5. The van der Waals surface area contributed by atoms with Crippen LogP contribution < -0.4 is 10.7 Å². The van der Waals surface area contributed by atoms with Crippen molar-refractivity contribution in [3.8, 4) is 0 Å². The molecule has 0 radical (unpaired) electrons. The first kappa shape index (κ1) is 26.6. The van der Waals surface area contributed by atoms with Gasteiger partial charge in [-0.2, -0.15) is 9.41 Å². The first-order chi connectivity index (χ1) is 18.3. The van der Waals surface area contributed by atoms with E-state index in [-0.39, 0.29) is 30.3 Å². The summed E-state index contributed by atoms with van der Waals surface area (Å²) in [6, 6.07) is 22.5. The number of hydrazone groups is 1. The number of nitrogens with one attached hydrogen (secondary N) is 2.